The third kappa shape index (κ3) is 5.54. The number of hydrogen-bond acceptors (Lipinski definition) is 3. The van der Waals surface area contributed by atoms with Gasteiger partial charge >= 0.3 is 6.09 Å². The molecule has 1 unspecified atom stereocenters. The summed E-state index contributed by atoms with van der Waals surface area (Å²) in [7, 11) is 0. The predicted octanol–water partition coefficient (Wildman–Crippen LogP) is 2.98. The van der Waals surface area contributed by atoms with Crippen molar-refractivity contribution in [1.29, 1.82) is 0 Å². The number of hydrogen-bond donors (Lipinski definition) is 0. The second kappa shape index (κ2) is 6.23. The van der Waals surface area contributed by atoms with E-state index in [0.29, 0.717) is 19.7 Å². The summed E-state index contributed by atoms with van der Waals surface area (Å²) < 4.78 is 11.0. The summed E-state index contributed by atoms with van der Waals surface area (Å²) in [4.78, 5) is 13.5. The zero-order valence-corrected chi connectivity index (χ0v) is 12.2. The topological polar surface area (TPSA) is 38.8 Å². The fourth-order valence-corrected chi connectivity index (χ4v) is 1.71. The van der Waals surface area contributed by atoms with Gasteiger partial charge in [0.15, 0.2) is 0 Å². The van der Waals surface area contributed by atoms with E-state index in [0.717, 1.165) is 6.42 Å². The van der Waals surface area contributed by atoms with Gasteiger partial charge in [0, 0.05) is 6.54 Å². The Kier molecular flexibility index (Phi) is 5.20. The molecule has 18 heavy (non-hydrogen) atoms. The molecular formula is C14H25NO3. The molecule has 0 aromatic carbocycles. The predicted molar refractivity (Wildman–Crippen MR) is 71.6 cm³/mol. The highest BCUT2D eigenvalue weighted by atomic mass is 16.6. The van der Waals surface area contributed by atoms with Crippen LogP contribution in [-0.4, -0.2) is 42.4 Å². The Labute approximate surface area is 110 Å². The number of rotatable bonds is 3. The van der Waals surface area contributed by atoms with Gasteiger partial charge in [0.05, 0.1) is 19.3 Å². The van der Waals surface area contributed by atoms with Gasteiger partial charge in [-0.2, -0.15) is 0 Å². The van der Waals surface area contributed by atoms with Crippen molar-refractivity contribution in [2.75, 3.05) is 19.7 Å². The molecule has 0 aromatic rings. The van der Waals surface area contributed by atoms with Crippen LogP contribution in [0, 0.1) is 0 Å². The molecule has 1 amide bonds. The maximum Gasteiger partial charge on any atom is 0.410 e. The summed E-state index contributed by atoms with van der Waals surface area (Å²) in [5.74, 6) is 0. The van der Waals surface area contributed by atoms with Gasteiger partial charge in [-0.1, -0.05) is 11.6 Å². The molecule has 0 N–H and O–H groups in total. The minimum Gasteiger partial charge on any atom is -0.444 e. The number of amides is 1. The highest BCUT2D eigenvalue weighted by Gasteiger charge is 2.29. The lowest BCUT2D eigenvalue weighted by atomic mass is 10.2. The second-order valence-corrected chi connectivity index (χ2v) is 5.95. The van der Waals surface area contributed by atoms with Crippen molar-refractivity contribution in [3.8, 4) is 0 Å². The number of nitrogens with zero attached hydrogens (tertiary/aromatic N) is 1. The minimum absolute atomic E-state index is 0.133. The Bertz CT molecular complexity index is 313. The smallest absolute Gasteiger partial charge is 0.410 e. The minimum atomic E-state index is -0.432. The highest BCUT2D eigenvalue weighted by molar-refractivity contribution is 5.68. The summed E-state index contributed by atoms with van der Waals surface area (Å²) in [6.07, 6.45) is 2.83. The van der Waals surface area contributed by atoms with E-state index in [1.165, 1.54) is 5.57 Å². The molecule has 0 radical (unpaired) electrons. The largest absolute Gasteiger partial charge is 0.444 e. The van der Waals surface area contributed by atoms with Gasteiger partial charge in [0.25, 0.3) is 0 Å². The molecule has 0 saturated carbocycles. The Hall–Kier alpha value is -1.03. The van der Waals surface area contributed by atoms with E-state index >= 15 is 0 Å². The third-order valence-electron chi connectivity index (χ3n) is 2.62. The third-order valence-corrected chi connectivity index (χ3v) is 2.62. The Balaban J connectivity index is 2.32. The van der Waals surface area contributed by atoms with Crippen molar-refractivity contribution in [3.05, 3.63) is 11.6 Å². The van der Waals surface area contributed by atoms with Crippen LogP contribution >= 0.6 is 0 Å². The van der Waals surface area contributed by atoms with Gasteiger partial charge in [-0.15, -0.1) is 0 Å². The molecule has 4 heteroatoms. The normalized spacial score (nSPS) is 19.8. The lowest BCUT2D eigenvalue weighted by molar-refractivity contribution is 0.0234. The van der Waals surface area contributed by atoms with Crippen molar-refractivity contribution in [3.63, 3.8) is 0 Å². The average molecular weight is 255 g/mol. The molecule has 4 nitrogen and oxygen atoms in total. The zero-order chi connectivity index (χ0) is 13.8. The molecule has 104 valence electrons. The summed E-state index contributed by atoms with van der Waals surface area (Å²) >= 11 is 0. The number of carbonyl (C=O) groups excluding carboxylic acids is 1. The fourth-order valence-electron chi connectivity index (χ4n) is 1.71. The summed E-state index contributed by atoms with van der Waals surface area (Å²) in [5, 5.41) is 0. The van der Waals surface area contributed by atoms with Crippen molar-refractivity contribution in [2.24, 2.45) is 0 Å². The lowest BCUT2D eigenvalue weighted by Crippen LogP contribution is -2.36. The van der Waals surface area contributed by atoms with Gasteiger partial charge < -0.3 is 14.4 Å². The van der Waals surface area contributed by atoms with E-state index in [1.807, 2.05) is 34.6 Å². The molecule has 0 bridgehead atoms. The number of carbonyl (C=O) groups is 1. The van der Waals surface area contributed by atoms with Crippen LogP contribution in [0.1, 0.15) is 41.0 Å². The number of allylic oxidation sites excluding steroid dienone is 1. The Morgan fingerprint density at radius 1 is 1.39 bits per heavy atom. The molecule has 0 spiro atoms. The van der Waals surface area contributed by atoms with Crippen LogP contribution in [0.2, 0.25) is 0 Å². The molecule has 0 aliphatic carbocycles. The van der Waals surface area contributed by atoms with Crippen LogP contribution in [0.25, 0.3) is 0 Å². The molecule has 0 aromatic heterocycles. The summed E-state index contributed by atoms with van der Waals surface area (Å²) in [6.45, 7) is 11.7. The van der Waals surface area contributed by atoms with Crippen LogP contribution in [-0.2, 0) is 9.47 Å². The van der Waals surface area contributed by atoms with Crippen molar-refractivity contribution in [1.82, 2.24) is 4.90 Å². The zero-order valence-electron chi connectivity index (χ0n) is 12.2. The van der Waals surface area contributed by atoms with E-state index in [-0.39, 0.29) is 12.2 Å². The fraction of sp³-hybridized carbons (Fsp3) is 0.786. The second-order valence-electron chi connectivity index (χ2n) is 5.95. The van der Waals surface area contributed by atoms with Gasteiger partial charge in [-0.05, 0) is 41.0 Å². The van der Waals surface area contributed by atoms with Crippen LogP contribution in [0.15, 0.2) is 11.6 Å². The number of ether oxygens (including phenoxy) is 2. The highest BCUT2D eigenvalue weighted by Crippen LogP contribution is 2.17. The van der Waals surface area contributed by atoms with Crippen molar-refractivity contribution in [2.45, 2.75) is 52.7 Å². The van der Waals surface area contributed by atoms with E-state index in [4.69, 9.17) is 9.47 Å². The molecule has 1 atom stereocenters. The molecule has 1 saturated heterocycles. The van der Waals surface area contributed by atoms with E-state index in [2.05, 4.69) is 6.08 Å². The molecule has 1 heterocycles. The molecule has 1 aliphatic heterocycles. The first kappa shape index (κ1) is 15.0. The van der Waals surface area contributed by atoms with Crippen LogP contribution in [0.3, 0.4) is 0 Å². The standard InChI is InChI=1S/C14H25NO3/c1-11(2)7-9-17-12-6-8-15(10-12)13(16)18-14(3,4)5/h7,12H,6,8-10H2,1-5H3. The van der Waals surface area contributed by atoms with Gasteiger partial charge in [-0.3, -0.25) is 0 Å². The Morgan fingerprint density at radius 2 is 2.06 bits per heavy atom. The van der Waals surface area contributed by atoms with Crippen LogP contribution < -0.4 is 0 Å². The first-order chi connectivity index (χ1) is 8.28. The maximum atomic E-state index is 11.8. The molecule has 1 fully saturated rings. The van der Waals surface area contributed by atoms with E-state index < -0.39 is 5.60 Å². The van der Waals surface area contributed by atoms with E-state index in [1.54, 1.807) is 4.90 Å². The first-order valence-electron chi connectivity index (χ1n) is 6.51. The Morgan fingerprint density at radius 3 is 2.61 bits per heavy atom. The van der Waals surface area contributed by atoms with E-state index in [9.17, 15) is 4.79 Å². The van der Waals surface area contributed by atoms with Gasteiger partial charge in [-0.25, -0.2) is 4.79 Å². The quantitative estimate of drug-likeness (QED) is 0.728. The SMILES string of the molecule is CC(C)=CCOC1CCN(C(=O)OC(C)(C)C)C1. The van der Waals surface area contributed by atoms with Crippen molar-refractivity contribution >= 4 is 6.09 Å². The monoisotopic (exact) mass is 255 g/mol. The molecular weight excluding hydrogens is 230 g/mol. The summed E-state index contributed by atoms with van der Waals surface area (Å²) in [5.41, 5.74) is 0.815. The van der Waals surface area contributed by atoms with Crippen LogP contribution in [0.4, 0.5) is 4.79 Å². The maximum absolute atomic E-state index is 11.8. The van der Waals surface area contributed by atoms with Gasteiger partial charge in [0.1, 0.15) is 5.60 Å². The van der Waals surface area contributed by atoms with Crippen molar-refractivity contribution < 1.29 is 14.3 Å². The average Bonchev–Trinajstić information content (AvgIpc) is 2.63. The molecule has 1 aliphatic rings. The van der Waals surface area contributed by atoms with Gasteiger partial charge in [0.2, 0.25) is 0 Å². The van der Waals surface area contributed by atoms with Crippen LogP contribution in [0.5, 0.6) is 0 Å². The number of likely N-dealkylation sites (tertiary alicyclic amines) is 1. The first-order valence-corrected chi connectivity index (χ1v) is 6.51. The lowest BCUT2D eigenvalue weighted by Gasteiger charge is -2.24. The summed E-state index contributed by atoms with van der Waals surface area (Å²) in [6, 6.07) is 0. The molecule has 1 rings (SSSR count).